The van der Waals surface area contributed by atoms with Crippen LogP contribution in [-0.4, -0.2) is 36.3 Å². The summed E-state index contributed by atoms with van der Waals surface area (Å²) in [6.45, 7) is 0.464. The van der Waals surface area contributed by atoms with Crippen molar-refractivity contribution in [3.8, 4) is 5.75 Å². The maximum atomic E-state index is 12.2. The van der Waals surface area contributed by atoms with Gasteiger partial charge in [-0.1, -0.05) is 25.3 Å². The third kappa shape index (κ3) is 5.88. The highest BCUT2D eigenvalue weighted by Crippen LogP contribution is 2.29. The van der Waals surface area contributed by atoms with E-state index < -0.39 is 4.92 Å². The number of amides is 1. The predicted octanol–water partition coefficient (Wildman–Crippen LogP) is 2.86. The standard InChI is InChI=1S/C18H27N3O4S/c1-25-17-8-7-13(9-16(17)21(23)24)11-26-12-18(22)20-15(10-19)14-5-3-2-4-6-14/h7-9,14-15H,2-6,10-12,19H2,1H3,(H,20,22). The maximum absolute atomic E-state index is 12.2. The Kier molecular flexibility index (Phi) is 8.18. The van der Waals surface area contributed by atoms with E-state index in [0.717, 1.165) is 18.4 Å². The maximum Gasteiger partial charge on any atom is 0.311 e. The molecule has 0 saturated heterocycles. The van der Waals surface area contributed by atoms with Crippen molar-refractivity contribution in [3.63, 3.8) is 0 Å². The van der Waals surface area contributed by atoms with Crippen LogP contribution >= 0.6 is 11.8 Å². The van der Waals surface area contributed by atoms with Gasteiger partial charge in [0.15, 0.2) is 5.75 Å². The fourth-order valence-electron chi connectivity index (χ4n) is 3.38. The normalized spacial score (nSPS) is 16.1. The first-order chi connectivity index (χ1) is 12.5. The minimum atomic E-state index is -0.463. The van der Waals surface area contributed by atoms with E-state index in [0.29, 0.717) is 24.0 Å². The van der Waals surface area contributed by atoms with Crippen LogP contribution in [-0.2, 0) is 10.5 Å². The number of thioether (sulfide) groups is 1. The van der Waals surface area contributed by atoms with Gasteiger partial charge in [-0.05, 0) is 30.4 Å². The smallest absolute Gasteiger partial charge is 0.311 e. The van der Waals surface area contributed by atoms with E-state index in [1.807, 2.05) is 0 Å². The van der Waals surface area contributed by atoms with Crippen LogP contribution in [0.15, 0.2) is 18.2 Å². The Balaban J connectivity index is 1.82. The molecule has 2 rings (SSSR count). The van der Waals surface area contributed by atoms with E-state index in [1.54, 1.807) is 12.1 Å². The zero-order valence-corrected chi connectivity index (χ0v) is 15.9. The third-order valence-electron chi connectivity index (χ3n) is 4.76. The van der Waals surface area contributed by atoms with Gasteiger partial charge in [-0.3, -0.25) is 14.9 Å². The van der Waals surface area contributed by atoms with Gasteiger partial charge < -0.3 is 15.8 Å². The fourth-order valence-corrected chi connectivity index (χ4v) is 4.17. The molecule has 3 N–H and O–H groups in total. The number of nitro benzene ring substituents is 1. The molecule has 7 nitrogen and oxygen atoms in total. The number of methoxy groups -OCH3 is 1. The van der Waals surface area contributed by atoms with Gasteiger partial charge in [0.05, 0.1) is 17.8 Å². The van der Waals surface area contributed by atoms with Crippen LogP contribution < -0.4 is 15.8 Å². The molecular weight excluding hydrogens is 354 g/mol. The number of nitrogens with one attached hydrogen (secondary N) is 1. The quantitative estimate of drug-likeness (QED) is 0.503. The van der Waals surface area contributed by atoms with E-state index in [1.165, 1.54) is 44.2 Å². The molecular formula is C18H27N3O4S. The van der Waals surface area contributed by atoms with Crippen LogP contribution in [0.1, 0.15) is 37.7 Å². The summed E-state index contributed by atoms with van der Waals surface area (Å²) in [5, 5.41) is 14.1. The number of ether oxygens (including phenoxy) is 1. The monoisotopic (exact) mass is 381 g/mol. The summed E-state index contributed by atoms with van der Waals surface area (Å²) >= 11 is 1.43. The average Bonchev–Trinajstić information content (AvgIpc) is 2.66. The van der Waals surface area contributed by atoms with Crippen molar-refractivity contribution in [1.82, 2.24) is 5.32 Å². The molecule has 0 radical (unpaired) electrons. The average molecular weight is 381 g/mol. The van der Waals surface area contributed by atoms with Crippen molar-refractivity contribution in [2.75, 3.05) is 19.4 Å². The van der Waals surface area contributed by atoms with Gasteiger partial charge in [0.2, 0.25) is 5.91 Å². The highest BCUT2D eigenvalue weighted by atomic mass is 32.2. The molecule has 144 valence electrons. The molecule has 0 aliphatic heterocycles. The van der Waals surface area contributed by atoms with E-state index >= 15 is 0 Å². The molecule has 0 bridgehead atoms. The van der Waals surface area contributed by atoms with Gasteiger partial charge in [0.1, 0.15) is 0 Å². The fraction of sp³-hybridized carbons (Fsp3) is 0.611. The Bertz CT molecular complexity index is 620. The molecule has 1 aromatic carbocycles. The van der Waals surface area contributed by atoms with Crippen LogP contribution in [0.3, 0.4) is 0 Å². The minimum Gasteiger partial charge on any atom is -0.490 e. The Labute approximate surface area is 158 Å². The van der Waals surface area contributed by atoms with Gasteiger partial charge >= 0.3 is 5.69 Å². The second-order valence-electron chi connectivity index (χ2n) is 6.56. The number of carbonyl (C=O) groups excluding carboxylic acids is 1. The summed E-state index contributed by atoms with van der Waals surface area (Å²) in [6, 6.07) is 4.91. The molecule has 1 saturated carbocycles. The van der Waals surface area contributed by atoms with E-state index in [2.05, 4.69) is 5.32 Å². The van der Waals surface area contributed by atoms with Crippen LogP contribution in [0.25, 0.3) is 0 Å². The van der Waals surface area contributed by atoms with Gasteiger partial charge in [-0.25, -0.2) is 0 Å². The first-order valence-corrected chi connectivity index (χ1v) is 10.1. The van der Waals surface area contributed by atoms with Gasteiger partial charge in [0.25, 0.3) is 0 Å². The largest absolute Gasteiger partial charge is 0.490 e. The SMILES string of the molecule is COc1ccc(CSCC(=O)NC(CN)C2CCCCC2)cc1[N+](=O)[O-]. The number of rotatable bonds is 9. The van der Waals surface area contributed by atoms with Crippen molar-refractivity contribution in [2.24, 2.45) is 11.7 Å². The molecule has 1 amide bonds. The lowest BCUT2D eigenvalue weighted by Crippen LogP contribution is -2.46. The number of nitrogens with zero attached hydrogens (tertiary/aromatic N) is 1. The topological polar surface area (TPSA) is 107 Å². The van der Waals surface area contributed by atoms with Crippen LogP contribution in [0.2, 0.25) is 0 Å². The lowest BCUT2D eigenvalue weighted by molar-refractivity contribution is -0.385. The summed E-state index contributed by atoms with van der Waals surface area (Å²) in [4.78, 5) is 22.8. The molecule has 1 aliphatic carbocycles. The summed E-state index contributed by atoms with van der Waals surface area (Å²) in [5.74, 6) is 1.52. The zero-order valence-electron chi connectivity index (χ0n) is 15.1. The summed E-state index contributed by atoms with van der Waals surface area (Å²) in [5.41, 5.74) is 6.58. The highest BCUT2D eigenvalue weighted by Gasteiger charge is 2.24. The number of nitrogens with two attached hydrogens (primary N) is 1. The molecule has 26 heavy (non-hydrogen) atoms. The summed E-state index contributed by atoms with van der Waals surface area (Å²) in [6.07, 6.45) is 5.95. The van der Waals surface area contributed by atoms with Crippen molar-refractivity contribution < 1.29 is 14.5 Å². The van der Waals surface area contributed by atoms with Crippen LogP contribution in [0.5, 0.6) is 5.75 Å². The molecule has 1 aromatic rings. The number of nitro groups is 1. The van der Waals surface area contributed by atoms with Crippen LogP contribution in [0, 0.1) is 16.0 Å². The molecule has 1 aliphatic rings. The molecule has 0 heterocycles. The molecule has 1 unspecified atom stereocenters. The number of hydrogen-bond acceptors (Lipinski definition) is 6. The number of benzene rings is 1. The van der Waals surface area contributed by atoms with Gasteiger partial charge in [-0.2, -0.15) is 0 Å². The van der Waals surface area contributed by atoms with E-state index in [9.17, 15) is 14.9 Å². The van der Waals surface area contributed by atoms with Gasteiger partial charge in [0, 0.05) is 24.4 Å². The van der Waals surface area contributed by atoms with E-state index in [-0.39, 0.29) is 23.4 Å². The van der Waals surface area contributed by atoms with Crippen LogP contribution in [0.4, 0.5) is 5.69 Å². The second kappa shape index (κ2) is 10.4. The first kappa shape index (κ1) is 20.5. The zero-order chi connectivity index (χ0) is 18.9. The lowest BCUT2D eigenvalue weighted by atomic mass is 9.84. The highest BCUT2D eigenvalue weighted by molar-refractivity contribution is 7.99. The number of carbonyl (C=O) groups is 1. The van der Waals surface area contributed by atoms with Crippen molar-refractivity contribution in [1.29, 1.82) is 0 Å². The van der Waals surface area contributed by atoms with Gasteiger partial charge in [-0.15, -0.1) is 11.8 Å². The third-order valence-corrected chi connectivity index (χ3v) is 5.76. The van der Waals surface area contributed by atoms with Crippen molar-refractivity contribution in [3.05, 3.63) is 33.9 Å². The summed E-state index contributed by atoms with van der Waals surface area (Å²) < 4.78 is 4.99. The Morgan fingerprint density at radius 3 is 2.77 bits per heavy atom. The van der Waals surface area contributed by atoms with Crippen molar-refractivity contribution in [2.45, 2.75) is 43.9 Å². The molecule has 0 aromatic heterocycles. The number of hydrogen-bond donors (Lipinski definition) is 2. The van der Waals surface area contributed by atoms with Crippen molar-refractivity contribution >= 4 is 23.4 Å². The van der Waals surface area contributed by atoms with E-state index in [4.69, 9.17) is 10.5 Å². The molecule has 1 atom stereocenters. The predicted molar refractivity (Wildman–Crippen MR) is 103 cm³/mol. The molecule has 1 fully saturated rings. The first-order valence-electron chi connectivity index (χ1n) is 8.93. The molecule has 0 spiro atoms. The lowest BCUT2D eigenvalue weighted by Gasteiger charge is -2.30. The molecule has 8 heteroatoms. The Hall–Kier alpha value is -1.80. The Morgan fingerprint density at radius 2 is 2.15 bits per heavy atom. The summed E-state index contributed by atoms with van der Waals surface area (Å²) in [7, 11) is 1.40. The second-order valence-corrected chi connectivity index (χ2v) is 7.55. The Morgan fingerprint density at radius 1 is 1.42 bits per heavy atom. The minimum absolute atomic E-state index is 0.0287.